The molecule has 0 aliphatic rings. The minimum Gasteiger partial charge on any atom is -0.324 e. The standard InChI is InChI=1S/C20H18F2N6O2/c1-3-28-16-8-12(20(2,21)22)4-6-14(16)19(30)15(26-28)9-18(29)24-13-5-7-17-25-23-11-27(17)10-13/h4-8,10-11H,3,9H2,1-2H3,(H,24,29). The first-order chi connectivity index (χ1) is 14.3. The van der Waals surface area contributed by atoms with Gasteiger partial charge in [-0.1, -0.05) is 6.07 Å². The van der Waals surface area contributed by atoms with Gasteiger partial charge in [0, 0.05) is 30.6 Å². The Labute approximate surface area is 169 Å². The third-order valence-corrected chi connectivity index (χ3v) is 4.73. The number of carbonyl (C=O) groups excluding carboxylic acids is 1. The number of aromatic nitrogens is 5. The summed E-state index contributed by atoms with van der Waals surface area (Å²) >= 11 is 0. The number of amides is 1. The van der Waals surface area contributed by atoms with Crippen LogP contribution in [0.4, 0.5) is 14.5 Å². The zero-order valence-electron chi connectivity index (χ0n) is 16.3. The van der Waals surface area contributed by atoms with E-state index in [0.717, 1.165) is 6.92 Å². The fraction of sp³-hybridized carbons (Fsp3) is 0.250. The Bertz CT molecular complexity index is 1320. The molecule has 1 aromatic carbocycles. The molecule has 1 amide bonds. The van der Waals surface area contributed by atoms with Crippen LogP contribution in [0.25, 0.3) is 16.6 Å². The van der Waals surface area contributed by atoms with Crippen molar-refractivity contribution < 1.29 is 13.6 Å². The molecule has 1 N–H and O–H groups in total. The number of anilines is 1. The van der Waals surface area contributed by atoms with Crippen LogP contribution in [0.1, 0.15) is 25.1 Å². The summed E-state index contributed by atoms with van der Waals surface area (Å²) in [6.45, 7) is 2.94. The molecule has 8 nitrogen and oxygen atoms in total. The maximum atomic E-state index is 13.7. The normalized spacial score (nSPS) is 11.9. The van der Waals surface area contributed by atoms with Gasteiger partial charge in [-0.3, -0.25) is 18.7 Å². The van der Waals surface area contributed by atoms with Gasteiger partial charge in [-0.25, -0.2) is 8.78 Å². The predicted molar refractivity (Wildman–Crippen MR) is 107 cm³/mol. The molecular weight excluding hydrogens is 394 g/mol. The lowest BCUT2D eigenvalue weighted by Crippen LogP contribution is -2.25. The van der Waals surface area contributed by atoms with E-state index in [0.29, 0.717) is 23.4 Å². The molecule has 154 valence electrons. The van der Waals surface area contributed by atoms with Crippen molar-refractivity contribution >= 4 is 28.1 Å². The molecule has 30 heavy (non-hydrogen) atoms. The van der Waals surface area contributed by atoms with Gasteiger partial charge in [-0.05, 0) is 31.2 Å². The van der Waals surface area contributed by atoms with Crippen LogP contribution in [0, 0.1) is 0 Å². The lowest BCUT2D eigenvalue weighted by Gasteiger charge is -2.14. The van der Waals surface area contributed by atoms with Crippen molar-refractivity contribution in [2.75, 3.05) is 5.32 Å². The highest BCUT2D eigenvalue weighted by molar-refractivity contribution is 5.92. The third-order valence-electron chi connectivity index (χ3n) is 4.73. The van der Waals surface area contributed by atoms with Gasteiger partial charge >= 0.3 is 0 Å². The molecule has 3 heterocycles. The van der Waals surface area contributed by atoms with Gasteiger partial charge in [-0.2, -0.15) is 5.10 Å². The van der Waals surface area contributed by atoms with E-state index in [1.54, 1.807) is 29.7 Å². The smallest absolute Gasteiger partial charge is 0.270 e. The van der Waals surface area contributed by atoms with Gasteiger partial charge < -0.3 is 5.32 Å². The highest BCUT2D eigenvalue weighted by Gasteiger charge is 2.25. The Morgan fingerprint density at radius 3 is 2.77 bits per heavy atom. The van der Waals surface area contributed by atoms with Crippen molar-refractivity contribution in [3.8, 4) is 0 Å². The topological polar surface area (TPSA) is 94.2 Å². The summed E-state index contributed by atoms with van der Waals surface area (Å²) in [6, 6.07) is 7.22. The number of alkyl halides is 2. The Balaban J connectivity index is 1.65. The van der Waals surface area contributed by atoms with Crippen LogP contribution in [-0.2, 0) is 23.7 Å². The van der Waals surface area contributed by atoms with Crippen molar-refractivity contribution in [1.29, 1.82) is 0 Å². The average Bonchev–Trinajstić information content (AvgIpc) is 3.17. The molecule has 4 rings (SSSR count). The predicted octanol–water partition coefficient (Wildman–Crippen LogP) is 2.75. The first-order valence-electron chi connectivity index (χ1n) is 9.27. The summed E-state index contributed by atoms with van der Waals surface area (Å²) in [5.74, 6) is -3.46. The minimum absolute atomic E-state index is 0.0447. The number of nitrogens with zero attached hydrogens (tertiary/aromatic N) is 5. The third kappa shape index (κ3) is 3.63. The van der Waals surface area contributed by atoms with E-state index in [-0.39, 0.29) is 23.1 Å². The highest BCUT2D eigenvalue weighted by atomic mass is 19.3. The minimum atomic E-state index is -3.03. The number of carbonyl (C=O) groups is 1. The maximum Gasteiger partial charge on any atom is 0.270 e. The summed E-state index contributed by atoms with van der Waals surface area (Å²) in [5.41, 5.74) is 0.844. The van der Waals surface area contributed by atoms with E-state index >= 15 is 0 Å². The Hall–Kier alpha value is -3.69. The molecule has 0 fully saturated rings. The fourth-order valence-electron chi connectivity index (χ4n) is 3.23. The molecule has 0 spiro atoms. The number of hydrogen-bond acceptors (Lipinski definition) is 5. The molecule has 4 aromatic rings. The van der Waals surface area contributed by atoms with Crippen LogP contribution in [0.15, 0.2) is 47.7 Å². The van der Waals surface area contributed by atoms with Crippen LogP contribution in [0.3, 0.4) is 0 Å². The summed E-state index contributed by atoms with van der Waals surface area (Å²) < 4.78 is 30.5. The molecule has 0 unspecified atom stereocenters. The monoisotopic (exact) mass is 412 g/mol. The van der Waals surface area contributed by atoms with E-state index in [4.69, 9.17) is 0 Å². The molecule has 0 aliphatic carbocycles. The van der Waals surface area contributed by atoms with Crippen LogP contribution in [-0.4, -0.2) is 30.3 Å². The number of rotatable bonds is 5. The largest absolute Gasteiger partial charge is 0.324 e. The summed E-state index contributed by atoms with van der Waals surface area (Å²) in [4.78, 5) is 25.3. The summed E-state index contributed by atoms with van der Waals surface area (Å²) in [6.07, 6.45) is 2.91. The fourth-order valence-corrected chi connectivity index (χ4v) is 3.23. The molecule has 0 radical (unpaired) electrons. The molecule has 0 atom stereocenters. The number of halogens is 2. The summed E-state index contributed by atoms with van der Waals surface area (Å²) in [5, 5.41) is 14.9. The number of nitrogens with one attached hydrogen (secondary N) is 1. The van der Waals surface area contributed by atoms with Crippen molar-refractivity contribution in [2.45, 2.75) is 32.7 Å². The van der Waals surface area contributed by atoms with Crippen molar-refractivity contribution in [1.82, 2.24) is 24.4 Å². The average molecular weight is 412 g/mol. The number of hydrogen-bond donors (Lipinski definition) is 1. The van der Waals surface area contributed by atoms with Crippen LogP contribution >= 0.6 is 0 Å². The number of aryl methyl sites for hydroxylation is 1. The van der Waals surface area contributed by atoms with Gasteiger partial charge in [0.15, 0.2) is 5.65 Å². The highest BCUT2D eigenvalue weighted by Crippen LogP contribution is 2.28. The zero-order chi connectivity index (χ0) is 21.5. The molecule has 0 saturated heterocycles. The van der Waals surface area contributed by atoms with Gasteiger partial charge in [0.25, 0.3) is 5.92 Å². The second-order valence-corrected chi connectivity index (χ2v) is 6.95. The van der Waals surface area contributed by atoms with E-state index in [9.17, 15) is 18.4 Å². The van der Waals surface area contributed by atoms with Gasteiger partial charge in [0.2, 0.25) is 11.3 Å². The molecule has 10 heteroatoms. The van der Waals surface area contributed by atoms with Crippen molar-refractivity contribution in [3.05, 3.63) is 64.3 Å². The SMILES string of the molecule is CCn1nc(CC(=O)Nc2ccc3nncn3c2)c(=O)c2ccc(C(C)(F)F)cc21. The zero-order valence-corrected chi connectivity index (χ0v) is 16.3. The molecule has 3 aromatic heterocycles. The Morgan fingerprint density at radius 1 is 1.23 bits per heavy atom. The van der Waals surface area contributed by atoms with E-state index in [1.165, 1.54) is 29.2 Å². The first-order valence-corrected chi connectivity index (χ1v) is 9.27. The second kappa shape index (κ2) is 7.29. The first kappa shape index (κ1) is 19.6. The Kier molecular flexibility index (Phi) is 4.76. The van der Waals surface area contributed by atoms with E-state index < -0.39 is 17.3 Å². The van der Waals surface area contributed by atoms with Crippen molar-refractivity contribution in [3.63, 3.8) is 0 Å². The van der Waals surface area contributed by atoms with E-state index in [1.807, 2.05) is 0 Å². The number of pyridine rings is 1. The van der Waals surface area contributed by atoms with E-state index in [2.05, 4.69) is 20.6 Å². The van der Waals surface area contributed by atoms with Gasteiger partial charge in [-0.15, -0.1) is 10.2 Å². The number of fused-ring (bicyclic) bond motifs is 2. The van der Waals surface area contributed by atoms with Gasteiger partial charge in [0.1, 0.15) is 12.0 Å². The lowest BCUT2D eigenvalue weighted by molar-refractivity contribution is -0.115. The number of benzene rings is 1. The van der Waals surface area contributed by atoms with Crippen LogP contribution in [0.5, 0.6) is 0 Å². The molecule has 0 bridgehead atoms. The van der Waals surface area contributed by atoms with Crippen LogP contribution in [0.2, 0.25) is 0 Å². The van der Waals surface area contributed by atoms with Crippen molar-refractivity contribution in [2.24, 2.45) is 0 Å². The van der Waals surface area contributed by atoms with Gasteiger partial charge in [0.05, 0.1) is 17.6 Å². The quantitative estimate of drug-likeness (QED) is 0.544. The summed E-state index contributed by atoms with van der Waals surface area (Å²) in [7, 11) is 0. The maximum absolute atomic E-state index is 13.7. The second-order valence-electron chi connectivity index (χ2n) is 6.95. The molecule has 0 aliphatic heterocycles. The molecular formula is C20H18F2N6O2. The molecule has 0 saturated carbocycles. The lowest BCUT2D eigenvalue weighted by atomic mass is 10.1. The van der Waals surface area contributed by atoms with Crippen LogP contribution < -0.4 is 10.7 Å². The Morgan fingerprint density at radius 2 is 2.03 bits per heavy atom.